The van der Waals surface area contributed by atoms with Crippen LogP contribution in [0.3, 0.4) is 0 Å². The first kappa shape index (κ1) is 24.9. The number of fused-ring (bicyclic) bond motifs is 2. The molecule has 1 radical (unpaired) electrons. The Kier molecular flexibility index (Phi) is 14.5. The standard InChI is InChI=1S/2C9H7.C2H7Si.2FH.Hf/c2*1-2-5-9-7-3-6-8(9)4-1;1-3-2;;;/h2*1-7H;3H,1-2H3;2*1H;/q2*-1;;;;+4/p-2. The summed E-state index contributed by atoms with van der Waals surface area (Å²) in [6, 6.07) is 29.3. The second-order valence-corrected chi connectivity index (χ2v) is 6.04. The van der Waals surface area contributed by atoms with E-state index in [1.54, 1.807) is 0 Å². The van der Waals surface area contributed by atoms with Crippen molar-refractivity contribution in [3.8, 4) is 0 Å². The summed E-state index contributed by atoms with van der Waals surface area (Å²) in [5.41, 5.74) is 0. The van der Waals surface area contributed by atoms with Crippen molar-refractivity contribution in [3.05, 3.63) is 84.9 Å². The van der Waals surface area contributed by atoms with Crippen molar-refractivity contribution >= 4 is 31.1 Å². The first-order valence-electron chi connectivity index (χ1n) is 7.30. The van der Waals surface area contributed by atoms with Gasteiger partial charge in [0, 0.05) is 9.52 Å². The Labute approximate surface area is 164 Å². The fraction of sp³-hybridized carbons (Fsp3) is 0.100. The van der Waals surface area contributed by atoms with Gasteiger partial charge in [-0.05, 0) is 0 Å². The fourth-order valence-electron chi connectivity index (χ4n) is 2.14. The molecule has 0 unspecified atom stereocenters. The minimum absolute atomic E-state index is 0. The molecule has 0 amide bonds. The molecule has 123 valence electrons. The predicted octanol–water partition coefficient (Wildman–Crippen LogP) is -0.358. The molecule has 4 heteroatoms. The zero-order valence-corrected chi connectivity index (χ0v) is 18.7. The molecule has 0 aliphatic rings. The van der Waals surface area contributed by atoms with Gasteiger partial charge in [-0.15, -0.1) is 59.3 Å². The molecule has 4 aromatic rings. The molecule has 0 N–H and O–H groups in total. The molecular weight excluding hydrogens is 485 g/mol. The molecular formula is C20H21F2HfSi. The number of halogens is 2. The van der Waals surface area contributed by atoms with Crippen LogP contribution in [0.25, 0.3) is 21.5 Å². The Hall–Kier alpha value is -1.39. The van der Waals surface area contributed by atoms with Crippen LogP contribution in [-0.4, -0.2) is 9.52 Å². The average Bonchev–Trinajstić information content (AvgIpc) is 3.17. The van der Waals surface area contributed by atoms with Gasteiger partial charge in [0.25, 0.3) is 0 Å². The first-order valence-corrected chi connectivity index (χ1v) is 9.61. The number of hydrogen-bond donors (Lipinski definition) is 0. The van der Waals surface area contributed by atoms with E-state index >= 15 is 0 Å². The van der Waals surface area contributed by atoms with E-state index in [9.17, 15) is 0 Å². The van der Waals surface area contributed by atoms with E-state index < -0.39 is 0 Å². The summed E-state index contributed by atoms with van der Waals surface area (Å²) in [6.45, 7) is 4.42. The minimum Gasteiger partial charge on any atom is -1.00 e. The molecule has 0 heterocycles. The topological polar surface area (TPSA) is 0 Å². The van der Waals surface area contributed by atoms with Crippen LogP contribution in [0.5, 0.6) is 0 Å². The van der Waals surface area contributed by atoms with Crippen molar-refractivity contribution in [2.24, 2.45) is 0 Å². The van der Waals surface area contributed by atoms with Crippen LogP contribution in [0, 0.1) is 0 Å². The van der Waals surface area contributed by atoms with Crippen molar-refractivity contribution in [3.63, 3.8) is 0 Å². The van der Waals surface area contributed by atoms with Crippen LogP contribution in [0.2, 0.25) is 13.1 Å². The Morgan fingerprint density at radius 1 is 0.625 bits per heavy atom. The van der Waals surface area contributed by atoms with Gasteiger partial charge in [-0.1, -0.05) is 25.2 Å². The third kappa shape index (κ3) is 7.45. The molecule has 4 rings (SSSR count). The Morgan fingerprint density at radius 2 is 0.958 bits per heavy atom. The summed E-state index contributed by atoms with van der Waals surface area (Å²) >= 11 is 0. The van der Waals surface area contributed by atoms with Gasteiger partial charge in [0.2, 0.25) is 0 Å². The second-order valence-electron chi connectivity index (χ2n) is 4.89. The van der Waals surface area contributed by atoms with Gasteiger partial charge in [0.15, 0.2) is 0 Å². The molecule has 0 aromatic heterocycles. The molecule has 0 nitrogen and oxygen atoms in total. The van der Waals surface area contributed by atoms with E-state index in [1.165, 1.54) is 21.5 Å². The summed E-state index contributed by atoms with van der Waals surface area (Å²) in [7, 11) is 0.750. The maximum absolute atomic E-state index is 2.21. The Balaban J connectivity index is 0. The summed E-state index contributed by atoms with van der Waals surface area (Å²) in [4.78, 5) is 0. The van der Waals surface area contributed by atoms with Crippen LogP contribution in [0.15, 0.2) is 84.9 Å². The third-order valence-electron chi connectivity index (χ3n) is 3.10. The van der Waals surface area contributed by atoms with Gasteiger partial charge in [-0.25, -0.2) is 0 Å². The van der Waals surface area contributed by atoms with Gasteiger partial charge in [-0.3, -0.25) is 0 Å². The van der Waals surface area contributed by atoms with Crippen LogP contribution >= 0.6 is 0 Å². The molecule has 0 aliphatic carbocycles. The SMILES string of the molecule is C[SiH]C.[F-].[F-].[Hf+4].c1ccc2[cH-]ccc2c1.c1ccc2[cH-]ccc2c1. The van der Waals surface area contributed by atoms with Gasteiger partial charge in [0.05, 0.1) is 0 Å². The summed E-state index contributed by atoms with van der Waals surface area (Å²) in [6.07, 6.45) is 0. The summed E-state index contributed by atoms with van der Waals surface area (Å²) in [5, 5.41) is 5.32. The predicted molar refractivity (Wildman–Crippen MR) is 98.0 cm³/mol. The van der Waals surface area contributed by atoms with Crippen LogP contribution in [-0.2, 0) is 25.8 Å². The largest absolute Gasteiger partial charge is 4.00 e. The average molecular weight is 506 g/mol. The molecule has 0 aliphatic heterocycles. The number of rotatable bonds is 0. The maximum Gasteiger partial charge on any atom is 4.00 e. The quantitative estimate of drug-likeness (QED) is 0.226. The van der Waals surface area contributed by atoms with Crippen LogP contribution in [0.1, 0.15) is 0 Å². The zero-order chi connectivity index (χ0) is 14.9. The molecule has 4 aromatic carbocycles. The Morgan fingerprint density at radius 3 is 1.29 bits per heavy atom. The van der Waals surface area contributed by atoms with E-state index in [2.05, 4.69) is 98.0 Å². The van der Waals surface area contributed by atoms with Crippen molar-refractivity contribution < 1.29 is 35.3 Å². The third-order valence-corrected chi connectivity index (χ3v) is 3.10. The van der Waals surface area contributed by atoms with Gasteiger partial charge < -0.3 is 9.41 Å². The van der Waals surface area contributed by atoms with E-state index in [1.807, 2.05) is 0 Å². The van der Waals surface area contributed by atoms with Crippen molar-refractivity contribution in [2.75, 3.05) is 0 Å². The van der Waals surface area contributed by atoms with Crippen LogP contribution in [0.4, 0.5) is 0 Å². The first-order chi connectivity index (χ1) is 10.3. The molecule has 0 bridgehead atoms. The zero-order valence-electron chi connectivity index (χ0n) is 13.9. The fourth-order valence-corrected chi connectivity index (χ4v) is 2.14. The van der Waals surface area contributed by atoms with Gasteiger partial charge >= 0.3 is 25.8 Å². The molecule has 0 saturated carbocycles. The van der Waals surface area contributed by atoms with E-state index in [0.717, 1.165) is 9.52 Å². The Bertz CT molecular complexity index is 651. The van der Waals surface area contributed by atoms with E-state index in [4.69, 9.17) is 0 Å². The van der Waals surface area contributed by atoms with Gasteiger partial charge in [-0.2, -0.15) is 35.0 Å². The van der Waals surface area contributed by atoms with Crippen molar-refractivity contribution in [1.82, 2.24) is 0 Å². The second kappa shape index (κ2) is 14.0. The smallest absolute Gasteiger partial charge is 1.00 e. The number of benzene rings is 2. The van der Waals surface area contributed by atoms with Crippen molar-refractivity contribution in [2.45, 2.75) is 13.1 Å². The van der Waals surface area contributed by atoms with E-state index in [-0.39, 0.29) is 35.3 Å². The molecule has 0 spiro atoms. The molecule has 0 atom stereocenters. The molecule has 24 heavy (non-hydrogen) atoms. The normalized spacial score (nSPS) is 8.42. The molecule has 0 saturated heterocycles. The summed E-state index contributed by atoms with van der Waals surface area (Å²) in [5.74, 6) is 0. The number of hydrogen-bond acceptors (Lipinski definition) is 0. The maximum atomic E-state index is 2.21. The monoisotopic (exact) mass is 507 g/mol. The van der Waals surface area contributed by atoms with Gasteiger partial charge in [0.1, 0.15) is 0 Å². The van der Waals surface area contributed by atoms with E-state index in [0.29, 0.717) is 0 Å². The van der Waals surface area contributed by atoms with Crippen LogP contribution < -0.4 is 9.41 Å². The van der Waals surface area contributed by atoms with Crippen molar-refractivity contribution in [1.29, 1.82) is 0 Å². The summed E-state index contributed by atoms with van der Waals surface area (Å²) < 4.78 is 0. The minimum atomic E-state index is 0. The molecule has 0 fully saturated rings.